The molecule has 1 aromatic carbocycles. The van der Waals surface area contributed by atoms with E-state index in [1.807, 2.05) is 31.2 Å². The Morgan fingerprint density at radius 1 is 1.42 bits per heavy atom. The molecule has 8 nitrogen and oxygen atoms in total. The van der Waals surface area contributed by atoms with Crippen molar-refractivity contribution >= 4 is 17.3 Å². The third-order valence-electron chi connectivity index (χ3n) is 5.07. The molecule has 0 unspecified atom stereocenters. The van der Waals surface area contributed by atoms with Crippen LogP contribution in [0.25, 0.3) is 5.70 Å². The average molecular weight is 433 g/mol. The molecule has 1 heterocycles. The Morgan fingerprint density at radius 2 is 2.16 bits per heavy atom. The number of nitrogens with two attached hydrogens (primary N) is 1. The van der Waals surface area contributed by atoms with Crippen molar-refractivity contribution in [3.63, 3.8) is 0 Å². The minimum atomic E-state index is -2.92. The SMILES string of the molecule is COCCNC(=O)CN=C(/C=C(\N)c1nc(C2(c3ccccc3C)CC2)no1)C(F)F. The Balaban J connectivity index is 1.75. The highest BCUT2D eigenvalue weighted by molar-refractivity contribution is 6.02. The van der Waals surface area contributed by atoms with Gasteiger partial charge in [-0.25, -0.2) is 8.78 Å². The number of aryl methyl sites for hydroxylation is 1. The van der Waals surface area contributed by atoms with Crippen LogP contribution in [0.2, 0.25) is 0 Å². The minimum Gasteiger partial charge on any atom is -0.394 e. The van der Waals surface area contributed by atoms with Crippen LogP contribution in [0.15, 0.2) is 39.9 Å². The number of carbonyl (C=O) groups excluding carboxylic acids is 1. The molecule has 3 N–H and O–H groups in total. The number of hydrogen-bond donors (Lipinski definition) is 2. The number of benzene rings is 1. The number of rotatable bonds is 10. The summed E-state index contributed by atoms with van der Waals surface area (Å²) < 4.78 is 36.7. The van der Waals surface area contributed by atoms with Gasteiger partial charge in [-0.3, -0.25) is 9.79 Å². The van der Waals surface area contributed by atoms with E-state index >= 15 is 0 Å². The molecule has 1 fully saturated rings. The molecule has 2 aromatic rings. The van der Waals surface area contributed by atoms with Gasteiger partial charge in [0.1, 0.15) is 12.3 Å². The molecule has 0 radical (unpaired) electrons. The van der Waals surface area contributed by atoms with E-state index in [2.05, 4.69) is 20.4 Å². The lowest BCUT2D eigenvalue weighted by Crippen LogP contribution is -2.29. The van der Waals surface area contributed by atoms with Gasteiger partial charge in [0.05, 0.1) is 17.7 Å². The standard InChI is InChI=1S/C21H25F2N5O3/c1-13-5-3-4-6-14(13)21(7-8-21)20-27-19(31-28-20)15(24)11-16(18(22)23)26-12-17(29)25-9-10-30-2/h3-6,11,18H,7-10,12,24H2,1-2H3,(H,25,29)/b15-11-,26-16?. The molecule has 0 aliphatic heterocycles. The zero-order valence-corrected chi connectivity index (χ0v) is 17.4. The highest BCUT2D eigenvalue weighted by Gasteiger charge is 2.50. The number of halogens is 2. The molecule has 1 aromatic heterocycles. The monoisotopic (exact) mass is 433 g/mol. The quantitative estimate of drug-likeness (QED) is 0.439. The molecule has 1 aliphatic carbocycles. The lowest BCUT2D eigenvalue weighted by Gasteiger charge is -2.13. The summed E-state index contributed by atoms with van der Waals surface area (Å²) in [5, 5.41) is 6.55. The molecule has 0 spiro atoms. The van der Waals surface area contributed by atoms with E-state index in [1.54, 1.807) is 0 Å². The number of aromatic nitrogens is 2. The number of allylic oxidation sites excluding steroid dienone is 1. The van der Waals surface area contributed by atoms with Crippen molar-refractivity contribution in [3.05, 3.63) is 53.2 Å². The van der Waals surface area contributed by atoms with Gasteiger partial charge in [-0.15, -0.1) is 0 Å². The number of amides is 1. The summed E-state index contributed by atoms with van der Waals surface area (Å²) in [4.78, 5) is 19.7. The highest BCUT2D eigenvalue weighted by atomic mass is 19.3. The molecule has 10 heteroatoms. The van der Waals surface area contributed by atoms with E-state index < -0.39 is 24.6 Å². The zero-order chi connectivity index (χ0) is 22.4. The highest BCUT2D eigenvalue weighted by Crippen LogP contribution is 2.53. The van der Waals surface area contributed by atoms with Crippen LogP contribution < -0.4 is 11.1 Å². The van der Waals surface area contributed by atoms with Crippen molar-refractivity contribution in [1.29, 1.82) is 0 Å². The molecular formula is C21H25F2N5O3. The first kappa shape index (κ1) is 22.5. The van der Waals surface area contributed by atoms with Gasteiger partial charge in [-0.2, -0.15) is 4.98 Å². The summed E-state index contributed by atoms with van der Waals surface area (Å²) in [6.45, 7) is 2.13. The second-order valence-electron chi connectivity index (χ2n) is 7.30. The minimum absolute atomic E-state index is 0.0623. The van der Waals surface area contributed by atoms with E-state index in [-0.39, 0.29) is 23.5 Å². The van der Waals surface area contributed by atoms with Gasteiger partial charge < -0.3 is 20.3 Å². The van der Waals surface area contributed by atoms with Crippen molar-refractivity contribution in [2.75, 3.05) is 26.8 Å². The predicted molar refractivity (Wildman–Crippen MR) is 111 cm³/mol. The molecule has 0 saturated heterocycles. The Bertz CT molecular complexity index is 983. The maximum Gasteiger partial charge on any atom is 0.280 e. The third kappa shape index (κ3) is 5.32. The fourth-order valence-electron chi connectivity index (χ4n) is 3.29. The Kier molecular flexibility index (Phi) is 7.11. The molecule has 1 amide bonds. The number of ether oxygens (including phenoxy) is 1. The van der Waals surface area contributed by atoms with Crippen molar-refractivity contribution in [2.24, 2.45) is 10.7 Å². The predicted octanol–water partition coefficient (Wildman–Crippen LogP) is 2.23. The van der Waals surface area contributed by atoms with Crippen molar-refractivity contribution < 1.29 is 22.8 Å². The van der Waals surface area contributed by atoms with Crippen LogP contribution in [0.3, 0.4) is 0 Å². The Hall–Kier alpha value is -3.14. The summed E-state index contributed by atoms with van der Waals surface area (Å²) in [6, 6.07) is 7.95. The Morgan fingerprint density at radius 3 is 2.81 bits per heavy atom. The number of nitrogens with one attached hydrogen (secondary N) is 1. The second kappa shape index (κ2) is 9.78. The van der Waals surface area contributed by atoms with Gasteiger partial charge in [-0.1, -0.05) is 29.4 Å². The second-order valence-corrected chi connectivity index (χ2v) is 7.30. The number of carbonyl (C=O) groups is 1. The first-order valence-corrected chi connectivity index (χ1v) is 9.83. The Labute approximate surface area is 178 Å². The maximum absolute atomic E-state index is 13.4. The summed E-state index contributed by atoms with van der Waals surface area (Å²) in [7, 11) is 1.49. The number of nitrogens with zero attached hydrogens (tertiary/aromatic N) is 3. The normalized spacial score (nSPS) is 15.9. The fraction of sp³-hybridized carbons (Fsp3) is 0.429. The zero-order valence-electron chi connectivity index (χ0n) is 17.4. The van der Waals surface area contributed by atoms with E-state index in [9.17, 15) is 13.6 Å². The van der Waals surface area contributed by atoms with Crippen LogP contribution in [0.1, 0.15) is 35.7 Å². The number of aliphatic imine (C=N–C) groups is 1. The van der Waals surface area contributed by atoms with Gasteiger partial charge in [0.15, 0.2) is 5.82 Å². The van der Waals surface area contributed by atoms with E-state index in [1.165, 1.54) is 7.11 Å². The summed E-state index contributed by atoms with van der Waals surface area (Å²) in [5.41, 5.74) is 7.02. The van der Waals surface area contributed by atoms with Crippen LogP contribution in [0.5, 0.6) is 0 Å². The lowest BCUT2D eigenvalue weighted by atomic mass is 9.91. The summed E-state index contributed by atoms with van der Waals surface area (Å²) in [6.07, 6.45) is -0.239. The maximum atomic E-state index is 13.4. The topological polar surface area (TPSA) is 116 Å². The number of methoxy groups -OCH3 is 1. The third-order valence-corrected chi connectivity index (χ3v) is 5.07. The molecule has 0 atom stereocenters. The van der Waals surface area contributed by atoms with E-state index in [0.29, 0.717) is 12.4 Å². The van der Waals surface area contributed by atoms with E-state index in [0.717, 1.165) is 30.0 Å². The molecule has 166 valence electrons. The largest absolute Gasteiger partial charge is 0.394 e. The van der Waals surface area contributed by atoms with Crippen molar-refractivity contribution in [1.82, 2.24) is 15.5 Å². The van der Waals surface area contributed by atoms with Crippen LogP contribution >= 0.6 is 0 Å². The molecule has 3 rings (SSSR count). The average Bonchev–Trinajstić information content (AvgIpc) is 3.39. The molecule has 1 saturated carbocycles. The lowest BCUT2D eigenvalue weighted by molar-refractivity contribution is -0.119. The van der Waals surface area contributed by atoms with Gasteiger partial charge in [0.2, 0.25) is 5.91 Å². The fourth-order valence-corrected chi connectivity index (χ4v) is 3.29. The van der Waals surface area contributed by atoms with Crippen LogP contribution in [-0.4, -0.2) is 55.0 Å². The first-order chi connectivity index (χ1) is 14.9. The summed E-state index contributed by atoms with van der Waals surface area (Å²) >= 11 is 0. The number of hydrogen-bond acceptors (Lipinski definition) is 7. The van der Waals surface area contributed by atoms with Crippen LogP contribution in [-0.2, 0) is 14.9 Å². The first-order valence-electron chi connectivity index (χ1n) is 9.83. The van der Waals surface area contributed by atoms with Crippen molar-refractivity contribution in [2.45, 2.75) is 31.6 Å². The van der Waals surface area contributed by atoms with Crippen LogP contribution in [0, 0.1) is 6.92 Å². The van der Waals surface area contributed by atoms with Gasteiger partial charge in [-0.05, 0) is 37.0 Å². The molecule has 0 bridgehead atoms. The smallest absolute Gasteiger partial charge is 0.280 e. The number of alkyl halides is 2. The molecule has 31 heavy (non-hydrogen) atoms. The summed E-state index contributed by atoms with van der Waals surface area (Å²) in [5.74, 6) is -0.0925. The molecular weight excluding hydrogens is 408 g/mol. The van der Waals surface area contributed by atoms with Gasteiger partial charge >= 0.3 is 0 Å². The van der Waals surface area contributed by atoms with Gasteiger partial charge in [0.25, 0.3) is 12.3 Å². The van der Waals surface area contributed by atoms with Crippen molar-refractivity contribution in [3.8, 4) is 0 Å². The molecule has 1 aliphatic rings. The van der Waals surface area contributed by atoms with Crippen LogP contribution in [0.4, 0.5) is 8.78 Å². The van der Waals surface area contributed by atoms with Gasteiger partial charge in [0, 0.05) is 13.7 Å². The van der Waals surface area contributed by atoms with E-state index in [4.69, 9.17) is 15.0 Å².